The Labute approximate surface area is 188 Å². The van der Waals surface area contributed by atoms with E-state index in [9.17, 15) is 18.8 Å². The van der Waals surface area contributed by atoms with Crippen LogP contribution in [-0.4, -0.2) is 29.4 Å². The lowest BCUT2D eigenvalue weighted by Crippen LogP contribution is -2.50. The van der Waals surface area contributed by atoms with Crippen LogP contribution in [0.25, 0.3) is 0 Å². The van der Waals surface area contributed by atoms with E-state index >= 15 is 0 Å². The third-order valence-corrected chi connectivity index (χ3v) is 6.21. The van der Waals surface area contributed by atoms with E-state index in [0.29, 0.717) is 10.6 Å². The first-order chi connectivity index (χ1) is 15.4. The van der Waals surface area contributed by atoms with Gasteiger partial charge in [-0.1, -0.05) is 48.5 Å². The zero-order chi connectivity index (χ0) is 22.7. The van der Waals surface area contributed by atoms with Gasteiger partial charge >= 0.3 is 6.03 Å². The summed E-state index contributed by atoms with van der Waals surface area (Å²) in [5.41, 5.74) is 2.51. The van der Waals surface area contributed by atoms with Crippen molar-refractivity contribution in [2.24, 2.45) is 0 Å². The van der Waals surface area contributed by atoms with Crippen molar-refractivity contribution >= 4 is 29.2 Å². The Morgan fingerprint density at radius 2 is 1.81 bits per heavy atom. The van der Waals surface area contributed by atoms with E-state index in [0.717, 1.165) is 10.4 Å². The Hall–Kier alpha value is -3.56. The molecule has 0 radical (unpaired) electrons. The number of benzene rings is 2. The molecule has 164 valence electrons. The number of hydrogen-bond acceptors (Lipinski definition) is 5. The van der Waals surface area contributed by atoms with Crippen LogP contribution in [0.2, 0.25) is 0 Å². The lowest BCUT2D eigenvalue weighted by atomic mass is 9.92. The smallest absolute Gasteiger partial charge is 0.318 e. The highest BCUT2D eigenvalue weighted by Gasteiger charge is 2.49. The standard InChI is InChI=1S/C23H21FN4O3S/c1-23(16-6-3-2-4-7-16)21(30)28(22(31)26-23)27-19(29)14-25-20(18-8-5-13-32-18)15-9-11-17(24)12-10-15/h2-13,20,25H,14H2,1H3,(H,26,31)(H,27,29)/t20-,23-/m0/s1. The van der Waals surface area contributed by atoms with Gasteiger partial charge in [-0.25, -0.2) is 9.18 Å². The molecule has 9 heteroatoms. The number of halogens is 1. The van der Waals surface area contributed by atoms with Crippen molar-refractivity contribution < 1.29 is 18.8 Å². The van der Waals surface area contributed by atoms with Crippen LogP contribution >= 0.6 is 11.3 Å². The first-order valence-electron chi connectivity index (χ1n) is 9.92. The lowest BCUT2D eigenvalue weighted by Gasteiger charge is -2.22. The van der Waals surface area contributed by atoms with E-state index in [2.05, 4.69) is 16.1 Å². The number of carbonyl (C=O) groups is 3. The average Bonchev–Trinajstić information content (AvgIpc) is 3.39. The zero-order valence-corrected chi connectivity index (χ0v) is 18.0. The summed E-state index contributed by atoms with van der Waals surface area (Å²) in [6.07, 6.45) is 0. The van der Waals surface area contributed by atoms with Crippen molar-refractivity contribution in [3.8, 4) is 0 Å². The molecular weight excluding hydrogens is 431 g/mol. The van der Waals surface area contributed by atoms with Gasteiger partial charge in [0.25, 0.3) is 11.8 Å². The second-order valence-corrected chi connectivity index (χ2v) is 8.46. The minimum atomic E-state index is -1.27. The Kier molecular flexibility index (Phi) is 6.02. The molecule has 0 aliphatic carbocycles. The minimum Gasteiger partial charge on any atom is -0.318 e. The van der Waals surface area contributed by atoms with Crippen LogP contribution < -0.4 is 16.1 Å². The number of nitrogens with zero attached hydrogens (tertiary/aromatic N) is 1. The van der Waals surface area contributed by atoms with Gasteiger partial charge in [-0.2, -0.15) is 5.01 Å². The van der Waals surface area contributed by atoms with Crippen molar-refractivity contribution in [2.45, 2.75) is 18.5 Å². The van der Waals surface area contributed by atoms with Crippen molar-refractivity contribution in [2.75, 3.05) is 6.54 Å². The van der Waals surface area contributed by atoms with Gasteiger partial charge in [0.2, 0.25) is 0 Å². The van der Waals surface area contributed by atoms with Crippen molar-refractivity contribution in [3.63, 3.8) is 0 Å². The molecule has 1 saturated heterocycles. The number of hydrogen-bond donors (Lipinski definition) is 3. The number of hydrazine groups is 1. The Morgan fingerprint density at radius 3 is 2.47 bits per heavy atom. The number of imide groups is 1. The van der Waals surface area contributed by atoms with Crippen molar-refractivity contribution in [3.05, 3.63) is 93.9 Å². The molecule has 2 atom stereocenters. The van der Waals surface area contributed by atoms with Crippen LogP contribution in [0.1, 0.15) is 29.0 Å². The van der Waals surface area contributed by atoms with Gasteiger partial charge < -0.3 is 5.32 Å². The van der Waals surface area contributed by atoms with Crippen LogP contribution in [0, 0.1) is 5.82 Å². The number of thiophene rings is 1. The molecule has 4 rings (SSSR count). The fourth-order valence-electron chi connectivity index (χ4n) is 3.56. The summed E-state index contributed by atoms with van der Waals surface area (Å²) in [7, 11) is 0. The van der Waals surface area contributed by atoms with Crippen molar-refractivity contribution in [1.29, 1.82) is 0 Å². The van der Waals surface area contributed by atoms with E-state index in [1.165, 1.54) is 23.5 Å². The number of nitrogens with one attached hydrogen (secondary N) is 3. The number of rotatable bonds is 7. The topological polar surface area (TPSA) is 90.5 Å². The van der Waals surface area contributed by atoms with Gasteiger partial charge in [-0.3, -0.25) is 20.3 Å². The van der Waals surface area contributed by atoms with E-state index in [-0.39, 0.29) is 18.4 Å². The molecule has 3 N–H and O–H groups in total. The zero-order valence-electron chi connectivity index (χ0n) is 17.2. The van der Waals surface area contributed by atoms with Gasteiger partial charge in [0.15, 0.2) is 0 Å². The molecule has 0 spiro atoms. The molecule has 1 aliphatic heterocycles. The molecule has 0 unspecified atom stereocenters. The molecule has 32 heavy (non-hydrogen) atoms. The molecule has 2 heterocycles. The molecule has 2 aromatic carbocycles. The largest absolute Gasteiger partial charge is 0.344 e. The monoisotopic (exact) mass is 452 g/mol. The lowest BCUT2D eigenvalue weighted by molar-refractivity contribution is -0.138. The molecule has 1 aliphatic rings. The Balaban J connectivity index is 1.44. The SMILES string of the molecule is C[C@@]1(c2ccccc2)NC(=O)N(NC(=O)CN[C@@H](c2ccc(F)cc2)c2cccs2)C1=O. The molecule has 4 amide bonds. The molecule has 3 aromatic rings. The first-order valence-corrected chi connectivity index (χ1v) is 10.8. The summed E-state index contributed by atoms with van der Waals surface area (Å²) in [5, 5.41) is 8.37. The van der Waals surface area contributed by atoms with Gasteiger partial charge in [0.1, 0.15) is 11.4 Å². The quantitative estimate of drug-likeness (QED) is 0.481. The van der Waals surface area contributed by atoms with E-state index in [4.69, 9.17) is 0 Å². The molecule has 1 fully saturated rings. The van der Waals surface area contributed by atoms with E-state index in [1.54, 1.807) is 43.3 Å². The summed E-state index contributed by atoms with van der Waals surface area (Å²) in [6, 6.07) is 17.6. The number of amides is 4. The summed E-state index contributed by atoms with van der Waals surface area (Å²) < 4.78 is 13.3. The predicted octanol–water partition coefficient (Wildman–Crippen LogP) is 3.06. The first kappa shape index (κ1) is 21.7. The highest BCUT2D eigenvalue weighted by molar-refractivity contribution is 7.10. The van der Waals surface area contributed by atoms with Crippen LogP contribution in [-0.2, 0) is 15.1 Å². The van der Waals surface area contributed by atoms with Crippen molar-refractivity contribution in [1.82, 2.24) is 21.1 Å². The summed E-state index contributed by atoms with van der Waals surface area (Å²) in [4.78, 5) is 38.9. The molecule has 7 nitrogen and oxygen atoms in total. The van der Waals surface area contributed by atoms with Gasteiger partial charge in [-0.05, 0) is 41.6 Å². The summed E-state index contributed by atoms with van der Waals surface area (Å²) in [5.74, 6) is -1.48. The van der Waals surface area contributed by atoms with Gasteiger partial charge in [-0.15, -0.1) is 11.3 Å². The molecule has 1 aromatic heterocycles. The molecule has 0 bridgehead atoms. The summed E-state index contributed by atoms with van der Waals surface area (Å²) >= 11 is 1.50. The average molecular weight is 453 g/mol. The van der Waals surface area contributed by atoms with Gasteiger partial charge in [0.05, 0.1) is 12.6 Å². The summed E-state index contributed by atoms with van der Waals surface area (Å²) in [6.45, 7) is 1.42. The maximum Gasteiger partial charge on any atom is 0.344 e. The second kappa shape index (κ2) is 8.89. The number of carbonyl (C=O) groups excluding carboxylic acids is 3. The minimum absolute atomic E-state index is 0.168. The predicted molar refractivity (Wildman–Crippen MR) is 118 cm³/mol. The Bertz CT molecular complexity index is 1120. The maximum atomic E-state index is 13.3. The van der Waals surface area contributed by atoms with Crippen LogP contribution in [0.3, 0.4) is 0 Å². The third kappa shape index (κ3) is 4.25. The number of urea groups is 1. The third-order valence-electron chi connectivity index (χ3n) is 5.28. The molecular formula is C23H21FN4O3S. The highest BCUT2D eigenvalue weighted by Crippen LogP contribution is 2.28. The van der Waals surface area contributed by atoms with Crippen LogP contribution in [0.4, 0.5) is 9.18 Å². The normalized spacial score (nSPS) is 19.0. The molecule has 0 saturated carbocycles. The maximum absolute atomic E-state index is 13.3. The Morgan fingerprint density at radius 1 is 1.09 bits per heavy atom. The fraction of sp³-hybridized carbons (Fsp3) is 0.174. The van der Waals surface area contributed by atoms with Crippen LogP contribution in [0.15, 0.2) is 72.1 Å². The second-order valence-electron chi connectivity index (χ2n) is 7.48. The fourth-order valence-corrected chi connectivity index (χ4v) is 4.39. The van der Waals surface area contributed by atoms with E-state index < -0.39 is 23.4 Å². The van der Waals surface area contributed by atoms with Crippen LogP contribution in [0.5, 0.6) is 0 Å². The van der Waals surface area contributed by atoms with E-state index in [1.807, 2.05) is 23.6 Å². The van der Waals surface area contributed by atoms with Gasteiger partial charge in [0, 0.05) is 4.88 Å². The highest BCUT2D eigenvalue weighted by atomic mass is 32.1.